The summed E-state index contributed by atoms with van der Waals surface area (Å²) in [5.74, 6) is 1.41. The number of piperidine rings is 1. The van der Waals surface area contributed by atoms with Crippen LogP contribution in [-0.4, -0.2) is 55.9 Å². The van der Waals surface area contributed by atoms with Crippen molar-refractivity contribution in [3.8, 4) is 0 Å². The summed E-state index contributed by atoms with van der Waals surface area (Å²) in [7, 11) is 0. The predicted molar refractivity (Wildman–Crippen MR) is 90.0 cm³/mol. The van der Waals surface area contributed by atoms with Gasteiger partial charge in [0, 0.05) is 12.6 Å². The maximum Gasteiger partial charge on any atom is 0.249 e. The first-order chi connectivity index (χ1) is 11.5. The molecule has 1 saturated carbocycles. The topological polar surface area (TPSA) is 83.3 Å². The van der Waals surface area contributed by atoms with Crippen molar-refractivity contribution in [2.75, 3.05) is 13.1 Å². The molecule has 0 radical (unpaired) electrons. The third-order valence-electron chi connectivity index (χ3n) is 4.87. The number of carbonyl (C=O) groups excluding carboxylic acids is 1. The molecule has 134 valence electrons. The molecule has 0 bridgehead atoms. The summed E-state index contributed by atoms with van der Waals surface area (Å²) in [6.07, 6.45) is 4.55. The Hall–Kier alpha value is -1.47. The van der Waals surface area contributed by atoms with Gasteiger partial charge in [-0.15, -0.1) is 0 Å². The van der Waals surface area contributed by atoms with E-state index >= 15 is 0 Å². The molecule has 0 unspecified atom stereocenters. The highest BCUT2D eigenvalue weighted by atomic mass is 16.3. The average molecular weight is 335 g/mol. The lowest BCUT2D eigenvalue weighted by Crippen LogP contribution is -2.45. The Kier molecular flexibility index (Phi) is 5.50. The van der Waals surface area contributed by atoms with E-state index in [1.54, 1.807) is 6.33 Å². The van der Waals surface area contributed by atoms with E-state index in [1.807, 2.05) is 4.68 Å². The lowest BCUT2D eigenvalue weighted by molar-refractivity contribution is -0.133. The molecular formula is C17H29N5O2. The van der Waals surface area contributed by atoms with E-state index in [0.29, 0.717) is 12.0 Å². The molecular weight excluding hydrogens is 306 g/mol. The fraction of sp³-hybridized carbons (Fsp3) is 0.824. The number of aromatic nitrogens is 3. The SMILES string of the molecule is CC(C)Cn1ncnc1CN1CCC([C@H](O)C(=O)NC2CC2)CC1. The van der Waals surface area contributed by atoms with Crippen LogP contribution in [0.2, 0.25) is 0 Å². The van der Waals surface area contributed by atoms with Crippen LogP contribution in [0.5, 0.6) is 0 Å². The summed E-state index contributed by atoms with van der Waals surface area (Å²) in [6, 6.07) is 0.305. The minimum Gasteiger partial charge on any atom is -0.383 e. The smallest absolute Gasteiger partial charge is 0.249 e. The average Bonchev–Trinajstić information content (AvgIpc) is 3.27. The normalized spacial score (nSPS) is 21.2. The van der Waals surface area contributed by atoms with Crippen LogP contribution < -0.4 is 5.32 Å². The highest BCUT2D eigenvalue weighted by molar-refractivity contribution is 5.81. The second-order valence-electron chi connectivity index (χ2n) is 7.59. The van der Waals surface area contributed by atoms with E-state index in [0.717, 1.165) is 57.7 Å². The van der Waals surface area contributed by atoms with Crippen LogP contribution in [0.25, 0.3) is 0 Å². The van der Waals surface area contributed by atoms with Gasteiger partial charge in [-0.3, -0.25) is 9.69 Å². The zero-order chi connectivity index (χ0) is 17.1. The zero-order valence-corrected chi connectivity index (χ0v) is 14.7. The fourth-order valence-corrected chi connectivity index (χ4v) is 3.26. The molecule has 0 spiro atoms. The lowest BCUT2D eigenvalue weighted by atomic mass is 9.90. The van der Waals surface area contributed by atoms with Crippen molar-refractivity contribution in [1.29, 1.82) is 0 Å². The van der Waals surface area contributed by atoms with Crippen molar-refractivity contribution in [2.45, 2.75) is 64.8 Å². The fourth-order valence-electron chi connectivity index (χ4n) is 3.26. The van der Waals surface area contributed by atoms with Crippen LogP contribution in [0.15, 0.2) is 6.33 Å². The molecule has 1 aromatic rings. The number of likely N-dealkylation sites (tertiary alicyclic amines) is 1. The number of carbonyl (C=O) groups is 1. The summed E-state index contributed by atoms with van der Waals surface area (Å²) in [5.41, 5.74) is 0. The highest BCUT2D eigenvalue weighted by Crippen LogP contribution is 2.24. The second-order valence-corrected chi connectivity index (χ2v) is 7.59. The van der Waals surface area contributed by atoms with Gasteiger partial charge in [0.1, 0.15) is 18.3 Å². The van der Waals surface area contributed by atoms with Crippen molar-refractivity contribution < 1.29 is 9.90 Å². The van der Waals surface area contributed by atoms with Gasteiger partial charge in [0.25, 0.3) is 0 Å². The van der Waals surface area contributed by atoms with Gasteiger partial charge < -0.3 is 10.4 Å². The van der Waals surface area contributed by atoms with Gasteiger partial charge in [0.05, 0.1) is 6.54 Å². The Bertz CT molecular complexity index is 547. The first-order valence-electron chi connectivity index (χ1n) is 9.10. The quantitative estimate of drug-likeness (QED) is 0.769. The molecule has 1 aliphatic heterocycles. The van der Waals surface area contributed by atoms with Crippen LogP contribution in [0, 0.1) is 11.8 Å². The predicted octanol–water partition coefficient (Wildman–Crippen LogP) is 0.786. The summed E-state index contributed by atoms with van der Waals surface area (Å²) in [5, 5.41) is 17.5. The van der Waals surface area contributed by atoms with Crippen LogP contribution in [-0.2, 0) is 17.9 Å². The number of rotatable bonds is 7. The van der Waals surface area contributed by atoms with E-state index in [1.165, 1.54) is 0 Å². The molecule has 1 amide bonds. The molecule has 2 aliphatic rings. The van der Waals surface area contributed by atoms with Crippen LogP contribution >= 0.6 is 0 Å². The third kappa shape index (κ3) is 4.54. The van der Waals surface area contributed by atoms with Crippen LogP contribution in [0.3, 0.4) is 0 Å². The van der Waals surface area contributed by atoms with Gasteiger partial charge in [-0.2, -0.15) is 5.10 Å². The number of nitrogens with one attached hydrogen (secondary N) is 1. The molecule has 7 nitrogen and oxygen atoms in total. The number of hydrogen-bond acceptors (Lipinski definition) is 5. The Morgan fingerprint density at radius 3 is 2.67 bits per heavy atom. The molecule has 1 aromatic heterocycles. The largest absolute Gasteiger partial charge is 0.383 e. The molecule has 1 aliphatic carbocycles. The molecule has 1 atom stereocenters. The first-order valence-corrected chi connectivity index (χ1v) is 9.10. The lowest BCUT2D eigenvalue weighted by Gasteiger charge is -2.33. The molecule has 2 N–H and O–H groups in total. The molecule has 2 fully saturated rings. The third-order valence-corrected chi connectivity index (χ3v) is 4.87. The van der Waals surface area contributed by atoms with Gasteiger partial charge in [0.2, 0.25) is 5.91 Å². The van der Waals surface area contributed by atoms with E-state index in [-0.39, 0.29) is 11.8 Å². The van der Waals surface area contributed by atoms with Crippen molar-refractivity contribution in [1.82, 2.24) is 25.0 Å². The number of aliphatic hydroxyl groups excluding tert-OH is 1. The zero-order valence-electron chi connectivity index (χ0n) is 14.7. The Labute approximate surface area is 143 Å². The maximum atomic E-state index is 12.0. The highest BCUT2D eigenvalue weighted by Gasteiger charge is 2.33. The monoisotopic (exact) mass is 335 g/mol. The van der Waals surface area contributed by atoms with Crippen molar-refractivity contribution in [3.05, 3.63) is 12.2 Å². The molecule has 3 rings (SSSR count). The standard InChI is InChI=1S/C17H29N5O2/c1-12(2)9-22-15(18-11-19-22)10-21-7-5-13(6-8-21)16(23)17(24)20-14-3-4-14/h11-14,16,23H,3-10H2,1-2H3,(H,20,24)/t16-/m0/s1. The molecule has 2 heterocycles. The van der Waals surface area contributed by atoms with Crippen LogP contribution in [0.1, 0.15) is 45.4 Å². The molecule has 7 heteroatoms. The second kappa shape index (κ2) is 7.61. The van der Waals surface area contributed by atoms with Gasteiger partial charge in [0.15, 0.2) is 0 Å². The van der Waals surface area contributed by atoms with Gasteiger partial charge in [-0.05, 0) is 50.6 Å². The Morgan fingerprint density at radius 1 is 1.33 bits per heavy atom. The summed E-state index contributed by atoms with van der Waals surface area (Å²) in [4.78, 5) is 18.7. The number of hydrogen-bond donors (Lipinski definition) is 2. The van der Waals surface area contributed by atoms with Gasteiger partial charge in [-0.1, -0.05) is 13.8 Å². The number of aliphatic hydroxyl groups is 1. The maximum absolute atomic E-state index is 12.0. The van der Waals surface area contributed by atoms with Crippen molar-refractivity contribution in [3.63, 3.8) is 0 Å². The molecule has 24 heavy (non-hydrogen) atoms. The van der Waals surface area contributed by atoms with E-state index in [4.69, 9.17) is 0 Å². The molecule has 1 saturated heterocycles. The summed E-state index contributed by atoms with van der Waals surface area (Å²) >= 11 is 0. The first kappa shape index (κ1) is 17.4. The van der Waals surface area contributed by atoms with E-state index in [2.05, 4.69) is 34.1 Å². The minimum atomic E-state index is -0.864. The minimum absolute atomic E-state index is 0.0635. The summed E-state index contributed by atoms with van der Waals surface area (Å²) < 4.78 is 1.98. The summed E-state index contributed by atoms with van der Waals surface area (Å²) in [6.45, 7) is 7.77. The Morgan fingerprint density at radius 2 is 2.04 bits per heavy atom. The van der Waals surface area contributed by atoms with E-state index < -0.39 is 6.10 Å². The number of nitrogens with zero attached hydrogens (tertiary/aromatic N) is 4. The van der Waals surface area contributed by atoms with Crippen molar-refractivity contribution >= 4 is 5.91 Å². The van der Waals surface area contributed by atoms with Gasteiger partial charge in [-0.25, -0.2) is 9.67 Å². The number of amides is 1. The van der Waals surface area contributed by atoms with Crippen LogP contribution in [0.4, 0.5) is 0 Å². The van der Waals surface area contributed by atoms with Crippen molar-refractivity contribution in [2.24, 2.45) is 11.8 Å². The van der Waals surface area contributed by atoms with E-state index in [9.17, 15) is 9.90 Å². The molecule has 0 aromatic carbocycles. The van der Waals surface area contributed by atoms with Gasteiger partial charge >= 0.3 is 0 Å². The Balaban J connectivity index is 1.46.